The van der Waals surface area contributed by atoms with Crippen molar-refractivity contribution in [3.05, 3.63) is 0 Å². The minimum absolute atomic E-state index is 0.132. The smallest absolute Gasteiger partial charge is 0.332 e. The maximum Gasteiger partial charge on any atom is 0.332 e. The van der Waals surface area contributed by atoms with E-state index in [1.165, 1.54) is 0 Å². The minimum atomic E-state index is -1.31. The molecule has 4 heteroatoms. The van der Waals surface area contributed by atoms with Crippen LogP contribution < -0.4 is 0 Å². The van der Waals surface area contributed by atoms with Crippen LogP contribution in [0.15, 0.2) is 0 Å². The lowest BCUT2D eigenvalue weighted by Gasteiger charge is -2.19. The van der Waals surface area contributed by atoms with Gasteiger partial charge < -0.3 is 14.9 Å². The Balaban J connectivity index is 3.51. The van der Waals surface area contributed by atoms with Gasteiger partial charge in [0.2, 0.25) is 0 Å². The van der Waals surface area contributed by atoms with Crippen molar-refractivity contribution in [3.8, 4) is 0 Å². The fraction of sp³-hybridized carbons (Fsp3) is 0.875. The molecule has 0 heterocycles. The molecule has 0 rings (SSSR count). The van der Waals surface area contributed by atoms with Crippen molar-refractivity contribution in [1.82, 2.24) is 0 Å². The van der Waals surface area contributed by atoms with Crippen LogP contribution in [-0.2, 0) is 9.53 Å². The van der Waals surface area contributed by atoms with E-state index in [1.807, 2.05) is 20.8 Å². The van der Waals surface area contributed by atoms with Gasteiger partial charge in [-0.25, -0.2) is 4.79 Å². The molecule has 0 radical (unpaired) electrons. The molecule has 1 unspecified atom stereocenters. The van der Waals surface area contributed by atoms with E-state index in [2.05, 4.69) is 0 Å². The van der Waals surface area contributed by atoms with E-state index in [1.54, 1.807) is 0 Å². The molecule has 2 N–H and O–H groups in total. The number of aliphatic hydroxyl groups is 1. The third-order valence-electron chi connectivity index (χ3n) is 1.21. The van der Waals surface area contributed by atoms with E-state index in [0.29, 0.717) is 0 Å². The van der Waals surface area contributed by atoms with Crippen LogP contribution in [-0.4, -0.2) is 34.5 Å². The second-order valence-electron chi connectivity index (χ2n) is 3.60. The first-order chi connectivity index (χ1) is 5.33. The molecular weight excluding hydrogens is 160 g/mol. The number of aliphatic hydroxyl groups excluding tert-OH is 1. The second-order valence-corrected chi connectivity index (χ2v) is 3.60. The average Bonchev–Trinajstić information content (AvgIpc) is 1.84. The molecule has 0 aromatic heterocycles. The summed E-state index contributed by atoms with van der Waals surface area (Å²) in [7, 11) is 0. The minimum Gasteiger partial charge on any atom is -0.479 e. The summed E-state index contributed by atoms with van der Waals surface area (Å²) in [6, 6.07) is 0. The molecule has 0 saturated heterocycles. The van der Waals surface area contributed by atoms with Crippen LogP contribution in [0.3, 0.4) is 0 Å². The molecular formula is C8H16O4. The third-order valence-corrected chi connectivity index (χ3v) is 1.21. The highest BCUT2D eigenvalue weighted by atomic mass is 16.5. The lowest BCUT2D eigenvalue weighted by molar-refractivity contribution is -0.148. The van der Waals surface area contributed by atoms with Crippen LogP contribution in [0.1, 0.15) is 27.2 Å². The third kappa shape index (κ3) is 6.12. The fourth-order valence-electron chi connectivity index (χ4n) is 0.600. The molecule has 0 spiro atoms. The molecule has 0 aliphatic heterocycles. The van der Waals surface area contributed by atoms with Gasteiger partial charge in [0.05, 0.1) is 12.2 Å². The summed E-state index contributed by atoms with van der Waals surface area (Å²) in [6.45, 7) is 5.89. The predicted molar refractivity (Wildman–Crippen MR) is 44.0 cm³/mol. The van der Waals surface area contributed by atoms with Gasteiger partial charge in [0, 0.05) is 6.42 Å². The van der Waals surface area contributed by atoms with Crippen LogP contribution in [0.5, 0.6) is 0 Å². The zero-order chi connectivity index (χ0) is 9.78. The Kier molecular flexibility index (Phi) is 4.20. The number of carboxylic acids is 1. The Bertz CT molecular complexity index is 148. The zero-order valence-electron chi connectivity index (χ0n) is 7.70. The highest BCUT2D eigenvalue weighted by Gasteiger charge is 2.15. The van der Waals surface area contributed by atoms with Crippen molar-refractivity contribution in [2.24, 2.45) is 0 Å². The molecule has 0 aliphatic carbocycles. The highest BCUT2D eigenvalue weighted by Crippen LogP contribution is 2.07. The van der Waals surface area contributed by atoms with E-state index in [9.17, 15) is 4.79 Å². The van der Waals surface area contributed by atoms with Gasteiger partial charge in [0.1, 0.15) is 0 Å². The summed E-state index contributed by atoms with van der Waals surface area (Å²) >= 11 is 0. The zero-order valence-corrected chi connectivity index (χ0v) is 7.70. The topological polar surface area (TPSA) is 66.8 Å². The van der Waals surface area contributed by atoms with Crippen molar-refractivity contribution in [2.75, 3.05) is 6.61 Å². The number of ether oxygens (including phenoxy) is 1. The van der Waals surface area contributed by atoms with Gasteiger partial charge in [0.25, 0.3) is 0 Å². The molecule has 4 nitrogen and oxygen atoms in total. The molecule has 0 amide bonds. The van der Waals surface area contributed by atoms with Gasteiger partial charge in [0.15, 0.2) is 6.10 Å². The number of rotatable bonds is 4. The molecule has 12 heavy (non-hydrogen) atoms. The second kappa shape index (κ2) is 4.42. The molecule has 0 saturated carbocycles. The lowest BCUT2D eigenvalue weighted by atomic mass is 10.2. The summed E-state index contributed by atoms with van der Waals surface area (Å²) in [5.41, 5.74) is -0.280. The van der Waals surface area contributed by atoms with E-state index in [0.717, 1.165) is 0 Å². The molecule has 72 valence electrons. The monoisotopic (exact) mass is 176 g/mol. The van der Waals surface area contributed by atoms with Crippen molar-refractivity contribution < 1.29 is 19.7 Å². The number of carbonyl (C=O) groups is 1. The van der Waals surface area contributed by atoms with Crippen LogP contribution in [0.25, 0.3) is 0 Å². The van der Waals surface area contributed by atoms with E-state index in [-0.39, 0.29) is 18.6 Å². The molecule has 0 bridgehead atoms. The standard InChI is InChI=1S/C8H16O4/c1-8(2,3)12-5-4-6(9)7(10)11/h6,9H,4-5H2,1-3H3,(H,10,11). The van der Waals surface area contributed by atoms with Gasteiger partial charge >= 0.3 is 5.97 Å². The molecule has 0 fully saturated rings. The number of aliphatic carboxylic acids is 1. The number of hydrogen-bond donors (Lipinski definition) is 2. The number of carboxylic acid groups (broad SMARTS) is 1. The maximum atomic E-state index is 10.1. The fourth-order valence-corrected chi connectivity index (χ4v) is 0.600. The summed E-state index contributed by atoms with van der Waals surface area (Å²) < 4.78 is 5.23. The van der Waals surface area contributed by atoms with Crippen molar-refractivity contribution in [2.45, 2.75) is 38.9 Å². The molecule has 1 atom stereocenters. The van der Waals surface area contributed by atoms with Gasteiger partial charge in [-0.15, -0.1) is 0 Å². The van der Waals surface area contributed by atoms with Gasteiger partial charge in [-0.1, -0.05) is 0 Å². The summed E-state index contributed by atoms with van der Waals surface area (Å²) in [6.07, 6.45) is -1.18. The van der Waals surface area contributed by atoms with E-state index in [4.69, 9.17) is 14.9 Å². The predicted octanol–water partition coefficient (Wildman–Crippen LogP) is 0.637. The molecule has 0 aliphatic rings. The first-order valence-corrected chi connectivity index (χ1v) is 3.88. The van der Waals surface area contributed by atoms with E-state index >= 15 is 0 Å². The van der Waals surface area contributed by atoms with Crippen LogP contribution in [0.2, 0.25) is 0 Å². The SMILES string of the molecule is CC(C)(C)OCCC(O)C(=O)O. The number of hydrogen-bond acceptors (Lipinski definition) is 3. The first-order valence-electron chi connectivity index (χ1n) is 3.88. The van der Waals surface area contributed by atoms with Crippen LogP contribution >= 0.6 is 0 Å². The summed E-state index contributed by atoms with van der Waals surface area (Å²) in [5.74, 6) is -1.20. The van der Waals surface area contributed by atoms with Crippen LogP contribution in [0, 0.1) is 0 Å². The van der Waals surface area contributed by atoms with Crippen LogP contribution in [0.4, 0.5) is 0 Å². The highest BCUT2D eigenvalue weighted by molar-refractivity contribution is 5.71. The average molecular weight is 176 g/mol. The summed E-state index contributed by atoms with van der Waals surface area (Å²) in [5, 5.41) is 17.1. The van der Waals surface area contributed by atoms with Gasteiger partial charge in [-0.2, -0.15) is 0 Å². The summed E-state index contributed by atoms with van der Waals surface area (Å²) in [4.78, 5) is 10.1. The molecule has 0 aromatic rings. The molecule has 0 aromatic carbocycles. The first kappa shape index (κ1) is 11.4. The largest absolute Gasteiger partial charge is 0.479 e. The van der Waals surface area contributed by atoms with Crippen molar-refractivity contribution in [3.63, 3.8) is 0 Å². The Hall–Kier alpha value is -0.610. The normalized spacial score (nSPS) is 14.3. The Labute approximate surface area is 72.2 Å². The van der Waals surface area contributed by atoms with Crippen molar-refractivity contribution in [1.29, 1.82) is 0 Å². The Morgan fingerprint density at radius 3 is 2.33 bits per heavy atom. The van der Waals surface area contributed by atoms with Gasteiger partial charge in [-0.05, 0) is 20.8 Å². The van der Waals surface area contributed by atoms with Gasteiger partial charge in [-0.3, -0.25) is 0 Å². The quantitative estimate of drug-likeness (QED) is 0.659. The Morgan fingerprint density at radius 2 is 2.00 bits per heavy atom. The van der Waals surface area contributed by atoms with E-state index < -0.39 is 12.1 Å². The van der Waals surface area contributed by atoms with Crippen molar-refractivity contribution >= 4 is 5.97 Å². The maximum absolute atomic E-state index is 10.1. The Morgan fingerprint density at radius 1 is 1.50 bits per heavy atom. The lowest BCUT2D eigenvalue weighted by Crippen LogP contribution is -2.25.